The monoisotopic (exact) mass is 329 g/mol. The third-order valence-corrected chi connectivity index (χ3v) is 5.40. The molecule has 1 aromatic heterocycles. The summed E-state index contributed by atoms with van der Waals surface area (Å²) >= 11 is 1.73. The van der Waals surface area contributed by atoms with Crippen molar-refractivity contribution in [2.75, 3.05) is 31.6 Å². The predicted molar refractivity (Wildman–Crippen MR) is 95.0 cm³/mol. The van der Waals surface area contributed by atoms with E-state index in [0.717, 1.165) is 37.4 Å². The van der Waals surface area contributed by atoms with Crippen LogP contribution in [0.3, 0.4) is 0 Å². The van der Waals surface area contributed by atoms with E-state index in [0.29, 0.717) is 12.3 Å². The molecule has 122 valence electrons. The van der Waals surface area contributed by atoms with E-state index >= 15 is 0 Å². The lowest BCUT2D eigenvalue weighted by Crippen LogP contribution is -2.30. The van der Waals surface area contributed by atoms with Gasteiger partial charge in [-0.25, -0.2) is 4.98 Å². The van der Waals surface area contributed by atoms with E-state index in [1.54, 1.807) is 11.3 Å². The number of thiazole rings is 1. The highest BCUT2D eigenvalue weighted by molar-refractivity contribution is 7.09. The zero-order valence-corrected chi connectivity index (χ0v) is 14.6. The van der Waals surface area contributed by atoms with Crippen LogP contribution in [0.5, 0.6) is 0 Å². The molecule has 2 heterocycles. The molecule has 0 spiro atoms. The first-order valence-corrected chi connectivity index (χ1v) is 8.94. The summed E-state index contributed by atoms with van der Waals surface area (Å²) < 4.78 is 0. The maximum atomic E-state index is 12.3. The molecule has 4 nitrogen and oxygen atoms in total. The van der Waals surface area contributed by atoms with Crippen molar-refractivity contribution in [3.8, 4) is 0 Å². The molecule has 1 saturated heterocycles. The number of benzene rings is 1. The van der Waals surface area contributed by atoms with E-state index in [1.807, 2.05) is 40.7 Å². The van der Waals surface area contributed by atoms with Crippen LogP contribution in [0.1, 0.15) is 17.0 Å². The van der Waals surface area contributed by atoms with E-state index in [2.05, 4.69) is 23.9 Å². The molecule has 5 heteroatoms. The Labute approximate surface area is 141 Å². The number of hydrogen-bond donors (Lipinski definition) is 0. The average Bonchev–Trinajstić information content (AvgIpc) is 3.12. The Kier molecular flexibility index (Phi) is 5.08. The Morgan fingerprint density at radius 2 is 2.13 bits per heavy atom. The number of amides is 1. The minimum atomic E-state index is 0.243. The summed E-state index contributed by atoms with van der Waals surface area (Å²) in [5, 5.41) is 0. The third kappa shape index (κ3) is 3.98. The third-order valence-electron chi connectivity index (χ3n) is 4.41. The molecule has 1 amide bonds. The van der Waals surface area contributed by atoms with Gasteiger partial charge < -0.3 is 9.80 Å². The highest BCUT2D eigenvalue weighted by Gasteiger charge is 2.30. The van der Waals surface area contributed by atoms with Gasteiger partial charge in [0.1, 0.15) is 0 Å². The van der Waals surface area contributed by atoms with Crippen molar-refractivity contribution in [1.29, 1.82) is 0 Å². The number of aryl methyl sites for hydroxylation is 1. The van der Waals surface area contributed by atoms with Crippen molar-refractivity contribution in [2.24, 2.45) is 5.92 Å². The van der Waals surface area contributed by atoms with Crippen molar-refractivity contribution in [1.82, 2.24) is 9.88 Å². The summed E-state index contributed by atoms with van der Waals surface area (Å²) in [5.41, 5.74) is 4.08. The summed E-state index contributed by atoms with van der Waals surface area (Å²) in [4.78, 5) is 22.2. The lowest BCUT2D eigenvalue weighted by Gasteiger charge is -2.21. The number of para-hydroxylation sites is 1. The van der Waals surface area contributed by atoms with Crippen LogP contribution in [0.15, 0.2) is 35.8 Å². The molecule has 0 radical (unpaired) electrons. The van der Waals surface area contributed by atoms with Crippen LogP contribution in [0.2, 0.25) is 0 Å². The molecule has 1 aliphatic rings. The second-order valence-corrected chi connectivity index (χ2v) is 7.22. The molecule has 1 aliphatic heterocycles. The first kappa shape index (κ1) is 16.1. The molecule has 1 atom stereocenters. The number of rotatable bonds is 6. The van der Waals surface area contributed by atoms with Crippen molar-refractivity contribution in [3.63, 3.8) is 0 Å². The van der Waals surface area contributed by atoms with Gasteiger partial charge in [-0.2, -0.15) is 0 Å². The van der Waals surface area contributed by atoms with Crippen LogP contribution in [-0.4, -0.2) is 42.5 Å². The van der Waals surface area contributed by atoms with Crippen LogP contribution in [0.4, 0.5) is 5.69 Å². The van der Waals surface area contributed by atoms with E-state index in [-0.39, 0.29) is 5.91 Å². The second-order valence-electron chi connectivity index (χ2n) is 6.28. The number of nitrogens with zero attached hydrogens (tertiary/aromatic N) is 3. The molecule has 3 rings (SSSR count). The van der Waals surface area contributed by atoms with Gasteiger partial charge in [0.05, 0.1) is 11.2 Å². The first-order chi connectivity index (χ1) is 11.1. The van der Waals surface area contributed by atoms with Gasteiger partial charge in [0.25, 0.3) is 0 Å². The molecule has 0 N–H and O–H groups in total. The number of hydrogen-bond acceptors (Lipinski definition) is 4. The summed E-state index contributed by atoms with van der Waals surface area (Å²) in [7, 11) is 2.14. The topological polar surface area (TPSA) is 36.4 Å². The zero-order chi connectivity index (χ0) is 16.2. The highest BCUT2D eigenvalue weighted by atomic mass is 32.1. The summed E-state index contributed by atoms with van der Waals surface area (Å²) in [6, 6.07) is 9.97. The van der Waals surface area contributed by atoms with Crippen molar-refractivity contribution in [2.45, 2.75) is 19.8 Å². The van der Waals surface area contributed by atoms with Gasteiger partial charge in [0.15, 0.2) is 0 Å². The Hall–Kier alpha value is -1.72. The van der Waals surface area contributed by atoms with Crippen molar-refractivity contribution >= 4 is 22.9 Å². The number of carbonyl (C=O) groups excluding carboxylic acids is 1. The largest absolute Gasteiger partial charge is 0.312 e. The quantitative estimate of drug-likeness (QED) is 0.817. The van der Waals surface area contributed by atoms with Crippen molar-refractivity contribution in [3.05, 3.63) is 46.4 Å². The fraction of sp³-hybridized carbons (Fsp3) is 0.444. The van der Waals surface area contributed by atoms with E-state index < -0.39 is 0 Å². The molecule has 0 aliphatic carbocycles. The Balaban J connectivity index is 1.51. The average molecular weight is 329 g/mol. The van der Waals surface area contributed by atoms with Crippen LogP contribution in [0, 0.1) is 12.8 Å². The molecule has 2 aromatic rings. The number of carbonyl (C=O) groups is 1. The van der Waals surface area contributed by atoms with Gasteiger partial charge in [-0.1, -0.05) is 18.2 Å². The van der Waals surface area contributed by atoms with E-state index in [9.17, 15) is 4.79 Å². The number of aromatic nitrogens is 1. The lowest BCUT2D eigenvalue weighted by molar-refractivity contribution is -0.117. The maximum Gasteiger partial charge on any atom is 0.227 e. The normalized spacial score (nSPS) is 18.1. The fourth-order valence-electron chi connectivity index (χ4n) is 3.15. The molecule has 23 heavy (non-hydrogen) atoms. The fourth-order valence-corrected chi connectivity index (χ4v) is 3.92. The standard InChI is InChI=1S/C18H23N3OS/c1-14-17(23-13-19-14)8-9-20(2)11-15-10-18(22)21(12-15)16-6-4-3-5-7-16/h3-7,13,15H,8-12H2,1-2H3/t15-/m0/s1. The van der Waals surface area contributed by atoms with Gasteiger partial charge in [-0.3, -0.25) is 4.79 Å². The smallest absolute Gasteiger partial charge is 0.227 e. The number of anilines is 1. The van der Waals surface area contributed by atoms with Gasteiger partial charge >= 0.3 is 0 Å². The Morgan fingerprint density at radius 3 is 2.83 bits per heavy atom. The maximum absolute atomic E-state index is 12.3. The first-order valence-electron chi connectivity index (χ1n) is 8.06. The molecular weight excluding hydrogens is 306 g/mol. The molecule has 1 aromatic carbocycles. The van der Waals surface area contributed by atoms with Crippen molar-refractivity contribution < 1.29 is 4.79 Å². The zero-order valence-electron chi connectivity index (χ0n) is 13.7. The molecule has 0 unspecified atom stereocenters. The van der Waals surface area contributed by atoms with Crippen LogP contribution >= 0.6 is 11.3 Å². The van der Waals surface area contributed by atoms with Gasteiger partial charge in [0.2, 0.25) is 5.91 Å². The van der Waals surface area contributed by atoms with Gasteiger partial charge in [-0.15, -0.1) is 11.3 Å². The summed E-state index contributed by atoms with van der Waals surface area (Å²) in [6.07, 6.45) is 1.69. The minimum absolute atomic E-state index is 0.243. The minimum Gasteiger partial charge on any atom is -0.312 e. The van der Waals surface area contributed by atoms with E-state index in [1.165, 1.54) is 4.88 Å². The van der Waals surface area contributed by atoms with Gasteiger partial charge in [0, 0.05) is 36.6 Å². The molecular formula is C18H23N3OS. The van der Waals surface area contributed by atoms with Gasteiger partial charge in [-0.05, 0) is 38.4 Å². The van der Waals surface area contributed by atoms with Crippen LogP contribution < -0.4 is 4.90 Å². The van der Waals surface area contributed by atoms with E-state index in [4.69, 9.17) is 0 Å². The number of likely N-dealkylation sites (N-methyl/N-ethyl adjacent to an activating group) is 1. The molecule has 0 saturated carbocycles. The molecule has 1 fully saturated rings. The summed E-state index contributed by atoms with van der Waals surface area (Å²) in [6.45, 7) is 4.87. The highest BCUT2D eigenvalue weighted by Crippen LogP contribution is 2.25. The Bertz CT molecular complexity index is 655. The SMILES string of the molecule is Cc1ncsc1CCN(C)C[C@@H]1CC(=O)N(c2ccccc2)C1. The summed E-state index contributed by atoms with van der Waals surface area (Å²) in [5.74, 6) is 0.656. The lowest BCUT2D eigenvalue weighted by atomic mass is 10.1. The Morgan fingerprint density at radius 1 is 1.35 bits per heavy atom. The molecule has 0 bridgehead atoms. The second kappa shape index (κ2) is 7.23. The van der Waals surface area contributed by atoms with Crippen LogP contribution in [-0.2, 0) is 11.2 Å². The van der Waals surface area contributed by atoms with Crippen LogP contribution in [0.25, 0.3) is 0 Å². The predicted octanol–water partition coefficient (Wildman–Crippen LogP) is 2.98.